The normalized spacial score (nSPS) is 9.57. The molecule has 0 bridgehead atoms. The van der Waals surface area contributed by atoms with Crippen molar-refractivity contribution in [2.45, 2.75) is 0 Å². The Labute approximate surface area is 80.4 Å². The predicted molar refractivity (Wildman–Crippen MR) is 49.6 cm³/mol. The van der Waals surface area contributed by atoms with Gasteiger partial charge in [0.1, 0.15) is 0 Å². The van der Waals surface area contributed by atoms with Gasteiger partial charge in [-0.25, -0.2) is 9.18 Å². The minimum absolute atomic E-state index is 0.00454. The van der Waals surface area contributed by atoms with Gasteiger partial charge in [-0.2, -0.15) is 0 Å². The van der Waals surface area contributed by atoms with Gasteiger partial charge < -0.3 is 9.84 Å². The largest absolute Gasteiger partial charge is 0.494 e. The van der Waals surface area contributed by atoms with E-state index in [1.54, 1.807) is 0 Å². The van der Waals surface area contributed by atoms with Crippen LogP contribution in [0.25, 0.3) is 5.57 Å². The first kappa shape index (κ1) is 10.2. The lowest BCUT2D eigenvalue weighted by atomic mass is 10.1. The fourth-order valence-corrected chi connectivity index (χ4v) is 0.971. The SMILES string of the molecule is C=C(C(=O)O)c1ccc(F)c(OC)c1. The summed E-state index contributed by atoms with van der Waals surface area (Å²) in [6.45, 7) is 3.35. The lowest BCUT2D eigenvalue weighted by molar-refractivity contribution is -0.130. The van der Waals surface area contributed by atoms with Crippen molar-refractivity contribution in [2.75, 3.05) is 7.11 Å². The molecule has 3 nitrogen and oxygen atoms in total. The van der Waals surface area contributed by atoms with Crippen molar-refractivity contribution in [3.05, 3.63) is 36.2 Å². The van der Waals surface area contributed by atoms with Gasteiger partial charge in [-0.3, -0.25) is 0 Å². The second-order valence-corrected chi connectivity index (χ2v) is 2.63. The van der Waals surface area contributed by atoms with Crippen molar-refractivity contribution in [1.82, 2.24) is 0 Å². The molecule has 0 aromatic heterocycles. The van der Waals surface area contributed by atoms with Crippen molar-refractivity contribution in [2.24, 2.45) is 0 Å². The summed E-state index contributed by atoms with van der Waals surface area (Å²) in [6.07, 6.45) is 0. The number of hydrogen-bond acceptors (Lipinski definition) is 2. The Balaban J connectivity index is 3.12. The van der Waals surface area contributed by atoms with Crippen LogP contribution in [0.2, 0.25) is 0 Å². The average molecular weight is 196 g/mol. The molecule has 1 N–H and O–H groups in total. The maximum atomic E-state index is 12.9. The van der Waals surface area contributed by atoms with Crippen LogP contribution < -0.4 is 4.74 Å². The Morgan fingerprint density at radius 1 is 1.57 bits per heavy atom. The van der Waals surface area contributed by atoms with Crippen molar-refractivity contribution >= 4 is 11.5 Å². The number of carbonyl (C=O) groups is 1. The molecule has 74 valence electrons. The highest BCUT2D eigenvalue weighted by molar-refractivity contribution is 6.14. The summed E-state index contributed by atoms with van der Waals surface area (Å²) in [7, 11) is 1.31. The van der Waals surface area contributed by atoms with Crippen LogP contribution in [0.3, 0.4) is 0 Å². The highest BCUT2D eigenvalue weighted by Gasteiger charge is 2.10. The Morgan fingerprint density at radius 2 is 2.21 bits per heavy atom. The Hall–Kier alpha value is -1.84. The van der Waals surface area contributed by atoms with E-state index in [1.165, 1.54) is 19.2 Å². The van der Waals surface area contributed by atoms with E-state index in [2.05, 4.69) is 6.58 Å². The molecule has 0 saturated carbocycles. The molecule has 1 rings (SSSR count). The molecule has 0 spiro atoms. The lowest BCUT2D eigenvalue weighted by Gasteiger charge is -2.05. The molecule has 14 heavy (non-hydrogen) atoms. The zero-order chi connectivity index (χ0) is 10.7. The van der Waals surface area contributed by atoms with E-state index < -0.39 is 11.8 Å². The quantitative estimate of drug-likeness (QED) is 0.751. The zero-order valence-corrected chi connectivity index (χ0v) is 7.58. The highest BCUT2D eigenvalue weighted by atomic mass is 19.1. The Morgan fingerprint density at radius 3 is 2.71 bits per heavy atom. The molecule has 0 atom stereocenters. The minimum Gasteiger partial charge on any atom is -0.494 e. The van der Waals surface area contributed by atoms with E-state index in [0.717, 1.165) is 6.07 Å². The summed E-state index contributed by atoms with van der Waals surface area (Å²) in [5.74, 6) is -1.67. The van der Waals surface area contributed by atoms with Crippen molar-refractivity contribution in [3.8, 4) is 5.75 Å². The number of carboxylic acids is 1. The first-order valence-electron chi connectivity index (χ1n) is 3.82. The van der Waals surface area contributed by atoms with Crippen LogP contribution in [0.5, 0.6) is 5.75 Å². The van der Waals surface area contributed by atoms with Crippen LogP contribution >= 0.6 is 0 Å². The number of carboxylic acid groups (broad SMARTS) is 1. The average Bonchev–Trinajstić information content (AvgIpc) is 2.17. The second kappa shape index (κ2) is 3.91. The number of ether oxygens (including phenoxy) is 1. The van der Waals surface area contributed by atoms with E-state index in [0.29, 0.717) is 5.56 Å². The summed E-state index contributed by atoms with van der Waals surface area (Å²) in [6, 6.07) is 3.78. The van der Waals surface area contributed by atoms with Gasteiger partial charge in [-0.05, 0) is 17.7 Å². The zero-order valence-electron chi connectivity index (χ0n) is 7.58. The van der Waals surface area contributed by atoms with Crippen LogP contribution in [-0.4, -0.2) is 18.2 Å². The smallest absolute Gasteiger partial charge is 0.335 e. The Bertz CT molecular complexity index is 385. The highest BCUT2D eigenvalue weighted by Crippen LogP contribution is 2.22. The van der Waals surface area contributed by atoms with Crippen LogP contribution in [0, 0.1) is 5.82 Å². The third-order valence-corrected chi connectivity index (χ3v) is 1.76. The molecule has 0 aliphatic heterocycles. The number of hydrogen-bond donors (Lipinski definition) is 1. The number of rotatable bonds is 3. The maximum Gasteiger partial charge on any atom is 0.335 e. The standard InChI is InChI=1S/C10H9FO3/c1-6(10(12)13)7-3-4-8(11)9(5-7)14-2/h3-5H,1H2,2H3,(H,12,13). The van der Waals surface area contributed by atoms with Gasteiger partial charge in [0.15, 0.2) is 11.6 Å². The van der Waals surface area contributed by atoms with Crippen LogP contribution in [-0.2, 0) is 4.79 Å². The molecule has 4 heteroatoms. The molecule has 0 radical (unpaired) electrons. The van der Waals surface area contributed by atoms with E-state index in [9.17, 15) is 9.18 Å². The third kappa shape index (κ3) is 1.90. The summed E-state index contributed by atoms with van der Waals surface area (Å²) >= 11 is 0. The van der Waals surface area contributed by atoms with E-state index in [1.807, 2.05) is 0 Å². The molecule has 0 fully saturated rings. The third-order valence-electron chi connectivity index (χ3n) is 1.76. The fourth-order valence-electron chi connectivity index (χ4n) is 0.971. The summed E-state index contributed by atoms with van der Waals surface area (Å²) in [5.41, 5.74) is 0.235. The van der Waals surface area contributed by atoms with E-state index in [-0.39, 0.29) is 11.3 Å². The van der Waals surface area contributed by atoms with E-state index in [4.69, 9.17) is 9.84 Å². The van der Waals surface area contributed by atoms with Gasteiger partial charge in [-0.15, -0.1) is 0 Å². The van der Waals surface area contributed by atoms with Crippen molar-refractivity contribution < 1.29 is 19.0 Å². The molecule has 0 aliphatic carbocycles. The number of methoxy groups -OCH3 is 1. The molecule has 1 aromatic carbocycles. The van der Waals surface area contributed by atoms with Crippen LogP contribution in [0.1, 0.15) is 5.56 Å². The summed E-state index contributed by atoms with van der Waals surface area (Å²) in [4.78, 5) is 10.6. The van der Waals surface area contributed by atoms with Crippen molar-refractivity contribution in [1.29, 1.82) is 0 Å². The first-order valence-corrected chi connectivity index (χ1v) is 3.82. The summed E-state index contributed by atoms with van der Waals surface area (Å²) in [5, 5.41) is 8.63. The summed E-state index contributed by atoms with van der Waals surface area (Å²) < 4.78 is 17.6. The molecule has 0 heterocycles. The van der Waals surface area contributed by atoms with Crippen LogP contribution in [0.15, 0.2) is 24.8 Å². The van der Waals surface area contributed by atoms with Gasteiger partial charge >= 0.3 is 5.97 Å². The molecule has 0 aliphatic rings. The number of halogens is 1. The van der Waals surface area contributed by atoms with Gasteiger partial charge in [0.25, 0.3) is 0 Å². The van der Waals surface area contributed by atoms with E-state index >= 15 is 0 Å². The van der Waals surface area contributed by atoms with Gasteiger partial charge in [0.05, 0.1) is 12.7 Å². The van der Waals surface area contributed by atoms with Gasteiger partial charge in [0.2, 0.25) is 0 Å². The monoisotopic (exact) mass is 196 g/mol. The molecule has 0 unspecified atom stereocenters. The number of aliphatic carboxylic acids is 1. The second-order valence-electron chi connectivity index (χ2n) is 2.63. The molecular formula is C10H9FO3. The molecule has 0 amide bonds. The maximum absolute atomic E-state index is 12.9. The van der Waals surface area contributed by atoms with Gasteiger partial charge in [-0.1, -0.05) is 12.6 Å². The lowest BCUT2D eigenvalue weighted by Crippen LogP contribution is -1.99. The predicted octanol–water partition coefficient (Wildman–Crippen LogP) is 1.93. The molecule has 1 aromatic rings. The van der Waals surface area contributed by atoms with Gasteiger partial charge in [0, 0.05) is 0 Å². The van der Waals surface area contributed by atoms with Crippen LogP contribution in [0.4, 0.5) is 4.39 Å². The molecular weight excluding hydrogens is 187 g/mol. The topological polar surface area (TPSA) is 46.5 Å². The number of benzene rings is 1. The fraction of sp³-hybridized carbons (Fsp3) is 0.100. The minimum atomic E-state index is -1.14. The molecule has 0 saturated heterocycles. The van der Waals surface area contributed by atoms with Crippen molar-refractivity contribution in [3.63, 3.8) is 0 Å². The first-order chi connectivity index (χ1) is 6.56. The Kier molecular flexibility index (Phi) is 2.86.